The fourth-order valence-electron chi connectivity index (χ4n) is 1.35. The molecule has 0 atom stereocenters. The van der Waals surface area contributed by atoms with Crippen molar-refractivity contribution >= 4 is 0 Å². The van der Waals surface area contributed by atoms with Gasteiger partial charge in [-0.15, -0.1) is 0 Å². The second-order valence-corrected chi connectivity index (χ2v) is 2.87. The SMILES string of the molecule is CCOC1(c2ncc[nH]2)CC1. The summed E-state index contributed by atoms with van der Waals surface area (Å²) in [5.41, 5.74) is -0.0434. The van der Waals surface area contributed by atoms with Gasteiger partial charge in [0.1, 0.15) is 11.4 Å². The lowest BCUT2D eigenvalue weighted by atomic mass is 10.3. The minimum Gasteiger partial charge on any atom is -0.367 e. The van der Waals surface area contributed by atoms with E-state index in [0.29, 0.717) is 0 Å². The van der Waals surface area contributed by atoms with Crippen molar-refractivity contribution in [3.05, 3.63) is 18.2 Å². The monoisotopic (exact) mass is 152 g/mol. The van der Waals surface area contributed by atoms with Gasteiger partial charge < -0.3 is 9.72 Å². The van der Waals surface area contributed by atoms with E-state index in [9.17, 15) is 0 Å². The van der Waals surface area contributed by atoms with Gasteiger partial charge in [-0.3, -0.25) is 0 Å². The third-order valence-electron chi connectivity index (χ3n) is 2.05. The number of aromatic nitrogens is 2. The van der Waals surface area contributed by atoms with E-state index < -0.39 is 0 Å². The van der Waals surface area contributed by atoms with Crippen LogP contribution in [-0.2, 0) is 10.3 Å². The largest absolute Gasteiger partial charge is 0.367 e. The highest BCUT2D eigenvalue weighted by Crippen LogP contribution is 2.47. The molecule has 0 bridgehead atoms. The molecule has 1 heterocycles. The summed E-state index contributed by atoms with van der Waals surface area (Å²) in [4.78, 5) is 7.28. The molecule has 1 N–H and O–H groups in total. The zero-order valence-corrected chi connectivity index (χ0v) is 6.63. The van der Waals surface area contributed by atoms with E-state index in [1.807, 2.05) is 13.1 Å². The molecule has 0 aromatic carbocycles. The molecule has 1 aromatic rings. The molecule has 1 aliphatic rings. The number of hydrogen-bond acceptors (Lipinski definition) is 2. The first-order chi connectivity index (χ1) is 5.37. The molecular formula is C8H12N2O. The molecule has 3 heteroatoms. The highest BCUT2D eigenvalue weighted by atomic mass is 16.5. The number of H-pyrrole nitrogens is 1. The third kappa shape index (κ3) is 1.05. The minimum absolute atomic E-state index is 0.0434. The number of ether oxygens (including phenoxy) is 1. The second-order valence-electron chi connectivity index (χ2n) is 2.87. The summed E-state index contributed by atoms with van der Waals surface area (Å²) in [5.74, 6) is 0.986. The summed E-state index contributed by atoms with van der Waals surface area (Å²) in [5, 5.41) is 0. The summed E-state index contributed by atoms with van der Waals surface area (Å²) in [7, 11) is 0. The van der Waals surface area contributed by atoms with Crippen molar-refractivity contribution in [1.82, 2.24) is 9.97 Å². The van der Waals surface area contributed by atoms with Gasteiger partial charge in [0.05, 0.1) is 0 Å². The number of rotatable bonds is 3. The molecule has 0 spiro atoms. The lowest BCUT2D eigenvalue weighted by Crippen LogP contribution is -2.13. The van der Waals surface area contributed by atoms with E-state index in [1.165, 1.54) is 0 Å². The smallest absolute Gasteiger partial charge is 0.138 e. The predicted molar refractivity (Wildman–Crippen MR) is 41.1 cm³/mol. The summed E-state index contributed by atoms with van der Waals surface area (Å²) < 4.78 is 5.59. The summed E-state index contributed by atoms with van der Waals surface area (Å²) >= 11 is 0. The van der Waals surface area contributed by atoms with Crippen LogP contribution in [0.1, 0.15) is 25.6 Å². The van der Waals surface area contributed by atoms with Crippen LogP contribution in [-0.4, -0.2) is 16.6 Å². The van der Waals surface area contributed by atoms with Gasteiger partial charge in [-0.25, -0.2) is 4.98 Å². The zero-order valence-electron chi connectivity index (χ0n) is 6.63. The third-order valence-corrected chi connectivity index (χ3v) is 2.05. The van der Waals surface area contributed by atoms with Crippen LogP contribution in [0.4, 0.5) is 0 Å². The van der Waals surface area contributed by atoms with Crippen LogP contribution in [0.2, 0.25) is 0 Å². The summed E-state index contributed by atoms with van der Waals surface area (Å²) in [6.07, 6.45) is 5.82. The van der Waals surface area contributed by atoms with Crippen molar-refractivity contribution in [3.63, 3.8) is 0 Å². The Kier molecular flexibility index (Phi) is 1.46. The molecule has 1 saturated carbocycles. The number of nitrogens with zero attached hydrogens (tertiary/aromatic N) is 1. The maximum Gasteiger partial charge on any atom is 0.138 e. The van der Waals surface area contributed by atoms with Crippen molar-refractivity contribution in [2.75, 3.05) is 6.61 Å². The topological polar surface area (TPSA) is 37.9 Å². The number of aromatic amines is 1. The minimum atomic E-state index is -0.0434. The van der Waals surface area contributed by atoms with Crippen LogP contribution in [0.5, 0.6) is 0 Å². The first-order valence-electron chi connectivity index (χ1n) is 4.01. The van der Waals surface area contributed by atoms with Gasteiger partial charge in [0.15, 0.2) is 0 Å². The van der Waals surface area contributed by atoms with Gasteiger partial charge in [-0.1, -0.05) is 0 Å². The van der Waals surface area contributed by atoms with Crippen LogP contribution in [0, 0.1) is 0 Å². The first kappa shape index (κ1) is 6.85. The van der Waals surface area contributed by atoms with Gasteiger partial charge in [-0.2, -0.15) is 0 Å². The molecule has 0 aliphatic heterocycles. The zero-order chi connectivity index (χ0) is 7.73. The molecule has 0 radical (unpaired) electrons. The molecule has 0 unspecified atom stereocenters. The van der Waals surface area contributed by atoms with E-state index in [1.54, 1.807) is 6.20 Å². The van der Waals surface area contributed by atoms with Gasteiger partial charge in [-0.05, 0) is 19.8 Å². The Hall–Kier alpha value is -0.830. The molecular weight excluding hydrogens is 140 g/mol. The lowest BCUT2D eigenvalue weighted by Gasteiger charge is -2.11. The average Bonchev–Trinajstić information content (AvgIpc) is 2.63. The Bertz CT molecular complexity index is 226. The molecule has 60 valence electrons. The Labute approximate surface area is 65.8 Å². The molecule has 2 rings (SSSR count). The lowest BCUT2D eigenvalue weighted by molar-refractivity contribution is 0.0335. The molecule has 0 amide bonds. The summed E-state index contributed by atoms with van der Waals surface area (Å²) in [6.45, 7) is 2.78. The van der Waals surface area contributed by atoms with E-state index in [2.05, 4.69) is 9.97 Å². The van der Waals surface area contributed by atoms with Crippen molar-refractivity contribution < 1.29 is 4.74 Å². The highest BCUT2D eigenvalue weighted by molar-refractivity contribution is 5.11. The van der Waals surface area contributed by atoms with E-state index in [-0.39, 0.29) is 5.60 Å². The van der Waals surface area contributed by atoms with Crippen LogP contribution in [0.25, 0.3) is 0 Å². The van der Waals surface area contributed by atoms with Crippen molar-refractivity contribution in [2.45, 2.75) is 25.4 Å². The fraction of sp³-hybridized carbons (Fsp3) is 0.625. The van der Waals surface area contributed by atoms with Gasteiger partial charge >= 0.3 is 0 Å². The van der Waals surface area contributed by atoms with Crippen LogP contribution < -0.4 is 0 Å². The number of imidazole rings is 1. The van der Waals surface area contributed by atoms with Crippen LogP contribution in [0.15, 0.2) is 12.4 Å². The molecule has 1 aromatic heterocycles. The van der Waals surface area contributed by atoms with Crippen molar-refractivity contribution in [2.24, 2.45) is 0 Å². The van der Waals surface area contributed by atoms with Crippen LogP contribution >= 0.6 is 0 Å². The standard InChI is InChI=1S/C8H12N2O/c1-2-11-8(3-4-8)7-9-5-6-10-7/h5-6H,2-4H2,1H3,(H,9,10). The van der Waals surface area contributed by atoms with Crippen LogP contribution in [0.3, 0.4) is 0 Å². The molecule has 3 nitrogen and oxygen atoms in total. The molecule has 1 fully saturated rings. The maximum absolute atomic E-state index is 5.59. The Morgan fingerprint density at radius 1 is 1.73 bits per heavy atom. The molecule has 0 saturated heterocycles. The normalized spacial score (nSPS) is 20.1. The van der Waals surface area contributed by atoms with Crippen molar-refractivity contribution in [3.8, 4) is 0 Å². The fourth-order valence-corrected chi connectivity index (χ4v) is 1.35. The number of nitrogens with one attached hydrogen (secondary N) is 1. The number of hydrogen-bond donors (Lipinski definition) is 1. The van der Waals surface area contributed by atoms with Gasteiger partial charge in [0.25, 0.3) is 0 Å². The molecule has 1 aliphatic carbocycles. The Morgan fingerprint density at radius 2 is 2.55 bits per heavy atom. The molecule has 11 heavy (non-hydrogen) atoms. The Balaban J connectivity index is 2.15. The Morgan fingerprint density at radius 3 is 3.00 bits per heavy atom. The first-order valence-corrected chi connectivity index (χ1v) is 4.01. The highest BCUT2D eigenvalue weighted by Gasteiger charge is 2.47. The van der Waals surface area contributed by atoms with Gasteiger partial charge in [0, 0.05) is 19.0 Å². The van der Waals surface area contributed by atoms with E-state index >= 15 is 0 Å². The van der Waals surface area contributed by atoms with E-state index in [0.717, 1.165) is 25.3 Å². The quantitative estimate of drug-likeness (QED) is 0.711. The predicted octanol–water partition coefficient (Wildman–Crippen LogP) is 1.44. The average molecular weight is 152 g/mol. The van der Waals surface area contributed by atoms with Gasteiger partial charge in [0.2, 0.25) is 0 Å². The maximum atomic E-state index is 5.59. The van der Waals surface area contributed by atoms with Crippen molar-refractivity contribution in [1.29, 1.82) is 0 Å². The summed E-state index contributed by atoms with van der Waals surface area (Å²) in [6, 6.07) is 0. The van der Waals surface area contributed by atoms with E-state index in [4.69, 9.17) is 4.74 Å². The second kappa shape index (κ2) is 2.34.